The molecule has 0 atom stereocenters. The molecular weight excluding hydrogens is 382 g/mol. The van der Waals surface area contributed by atoms with Crippen LogP contribution in [0.1, 0.15) is 29.1 Å². The molecule has 3 aromatic rings. The third-order valence-corrected chi connectivity index (χ3v) is 5.80. The minimum Gasteiger partial charge on any atom is -0.486 e. The summed E-state index contributed by atoms with van der Waals surface area (Å²) in [5.74, 6) is 0.767. The van der Waals surface area contributed by atoms with E-state index in [2.05, 4.69) is 21.3 Å². The van der Waals surface area contributed by atoms with E-state index >= 15 is 0 Å². The van der Waals surface area contributed by atoms with Crippen LogP contribution in [0.5, 0.6) is 5.75 Å². The number of benzene rings is 2. The number of carbonyl (C=O) groups excluding carboxylic acids is 1. The molecule has 4 rings (SSSR count). The Bertz CT molecular complexity index is 962. The van der Waals surface area contributed by atoms with Crippen molar-refractivity contribution in [2.24, 2.45) is 0 Å². The molecule has 1 fully saturated rings. The predicted molar refractivity (Wildman–Crippen MR) is 118 cm³/mol. The predicted octanol–water partition coefficient (Wildman–Crippen LogP) is 4.81. The summed E-state index contributed by atoms with van der Waals surface area (Å²) in [6, 6.07) is 16.0. The van der Waals surface area contributed by atoms with Gasteiger partial charge < -0.3 is 15.0 Å². The Morgan fingerprint density at radius 3 is 2.76 bits per heavy atom. The van der Waals surface area contributed by atoms with Crippen LogP contribution in [-0.4, -0.2) is 24.0 Å². The molecular formula is C23H25N3O2S. The third-order valence-electron chi connectivity index (χ3n) is 4.93. The Morgan fingerprint density at radius 2 is 1.97 bits per heavy atom. The summed E-state index contributed by atoms with van der Waals surface area (Å²) in [5.41, 5.74) is 3.97. The molecule has 1 aliphatic heterocycles. The second-order valence-corrected chi connectivity index (χ2v) is 8.25. The highest BCUT2D eigenvalue weighted by atomic mass is 32.1. The quantitative estimate of drug-likeness (QED) is 0.611. The number of anilines is 2. The van der Waals surface area contributed by atoms with Crippen LogP contribution in [0.25, 0.3) is 0 Å². The van der Waals surface area contributed by atoms with E-state index in [0.29, 0.717) is 6.61 Å². The topological polar surface area (TPSA) is 54.5 Å². The van der Waals surface area contributed by atoms with Crippen LogP contribution in [0.3, 0.4) is 0 Å². The number of nitrogens with zero attached hydrogens (tertiary/aromatic N) is 2. The highest BCUT2D eigenvalue weighted by Crippen LogP contribution is 2.23. The zero-order valence-corrected chi connectivity index (χ0v) is 17.4. The molecule has 1 aromatic heterocycles. The van der Waals surface area contributed by atoms with Crippen LogP contribution in [0.15, 0.2) is 53.9 Å². The van der Waals surface area contributed by atoms with Crippen molar-refractivity contribution in [1.82, 2.24) is 4.98 Å². The van der Waals surface area contributed by atoms with Gasteiger partial charge in [-0.1, -0.05) is 23.8 Å². The molecule has 1 amide bonds. The number of rotatable bonds is 7. The molecule has 0 aliphatic carbocycles. The summed E-state index contributed by atoms with van der Waals surface area (Å²) < 4.78 is 5.77. The number of aromatic nitrogens is 1. The summed E-state index contributed by atoms with van der Waals surface area (Å²) in [6.07, 6.45) is 2.72. The van der Waals surface area contributed by atoms with Gasteiger partial charge in [0.15, 0.2) is 0 Å². The van der Waals surface area contributed by atoms with Gasteiger partial charge in [0, 0.05) is 29.8 Å². The first kappa shape index (κ1) is 19.5. The van der Waals surface area contributed by atoms with E-state index in [4.69, 9.17) is 4.74 Å². The number of nitrogens with one attached hydrogen (secondary N) is 1. The lowest BCUT2D eigenvalue weighted by atomic mass is 10.2. The van der Waals surface area contributed by atoms with Gasteiger partial charge in [0.25, 0.3) is 0 Å². The van der Waals surface area contributed by atoms with E-state index in [1.54, 1.807) is 0 Å². The monoisotopic (exact) mass is 407 g/mol. The van der Waals surface area contributed by atoms with Crippen LogP contribution in [0.2, 0.25) is 0 Å². The Kier molecular flexibility index (Phi) is 6.10. The summed E-state index contributed by atoms with van der Waals surface area (Å²) in [4.78, 5) is 19.3. The van der Waals surface area contributed by atoms with Crippen molar-refractivity contribution in [1.29, 1.82) is 0 Å². The summed E-state index contributed by atoms with van der Waals surface area (Å²) in [5, 5.41) is 5.78. The lowest BCUT2D eigenvalue weighted by Gasteiger charge is -2.18. The maximum Gasteiger partial charge on any atom is 0.230 e. The van der Waals surface area contributed by atoms with Crippen LogP contribution in [-0.2, 0) is 17.8 Å². The molecule has 5 nitrogen and oxygen atoms in total. The van der Waals surface area contributed by atoms with Crippen LogP contribution in [0, 0.1) is 6.92 Å². The molecule has 150 valence electrons. The molecule has 2 heterocycles. The molecule has 2 aromatic carbocycles. The molecule has 1 aliphatic rings. The van der Waals surface area contributed by atoms with E-state index in [-0.39, 0.29) is 12.3 Å². The van der Waals surface area contributed by atoms with Crippen LogP contribution >= 0.6 is 11.3 Å². The molecule has 6 heteroatoms. The second kappa shape index (κ2) is 9.09. The van der Waals surface area contributed by atoms with Crippen LogP contribution < -0.4 is 15.0 Å². The fourth-order valence-corrected chi connectivity index (χ4v) is 4.11. The molecule has 0 radical (unpaired) electrons. The Balaban J connectivity index is 1.30. The first-order valence-electron chi connectivity index (χ1n) is 9.93. The largest absolute Gasteiger partial charge is 0.486 e. The minimum absolute atomic E-state index is 0.0557. The molecule has 1 saturated heterocycles. The average Bonchev–Trinajstić information content (AvgIpc) is 3.40. The van der Waals surface area contributed by atoms with Crippen molar-refractivity contribution in [3.63, 3.8) is 0 Å². The van der Waals surface area contributed by atoms with Crippen molar-refractivity contribution in [2.45, 2.75) is 32.8 Å². The molecule has 29 heavy (non-hydrogen) atoms. The van der Waals surface area contributed by atoms with Crippen molar-refractivity contribution in [2.75, 3.05) is 23.3 Å². The average molecular weight is 408 g/mol. The molecule has 0 bridgehead atoms. The van der Waals surface area contributed by atoms with E-state index in [1.807, 2.05) is 54.8 Å². The lowest BCUT2D eigenvalue weighted by molar-refractivity contribution is -0.115. The van der Waals surface area contributed by atoms with E-state index in [0.717, 1.165) is 35.2 Å². The van der Waals surface area contributed by atoms with Gasteiger partial charge in [-0.15, -0.1) is 11.3 Å². The normalized spacial score (nSPS) is 13.5. The number of aryl methyl sites for hydroxylation is 1. The SMILES string of the molecule is Cc1ccc(OCc2nc(CC(=O)Nc3cccc(N4CCCC4)c3)cs2)cc1. The fraction of sp³-hybridized carbons (Fsp3) is 0.304. The number of carbonyl (C=O) groups is 1. The van der Waals surface area contributed by atoms with E-state index in [9.17, 15) is 4.79 Å². The number of hydrogen-bond donors (Lipinski definition) is 1. The summed E-state index contributed by atoms with van der Waals surface area (Å²) >= 11 is 1.52. The molecule has 0 unspecified atom stereocenters. The fourth-order valence-electron chi connectivity index (χ4n) is 3.40. The zero-order valence-electron chi connectivity index (χ0n) is 16.6. The van der Waals surface area contributed by atoms with Gasteiger partial charge in [-0.05, 0) is 50.1 Å². The number of amides is 1. The van der Waals surface area contributed by atoms with Gasteiger partial charge in [-0.3, -0.25) is 4.79 Å². The van der Waals surface area contributed by atoms with E-state index < -0.39 is 0 Å². The first-order chi connectivity index (χ1) is 14.2. The Morgan fingerprint density at radius 1 is 1.17 bits per heavy atom. The van der Waals surface area contributed by atoms with Crippen molar-refractivity contribution >= 4 is 28.6 Å². The minimum atomic E-state index is -0.0557. The van der Waals surface area contributed by atoms with Gasteiger partial charge in [0.1, 0.15) is 17.4 Å². The van der Waals surface area contributed by atoms with Crippen molar-refractivity contribution in [3.8, 4) is 5.75 Å². The van der Waals surface area contributed by atoms with Gasteiger partial charge >= 0.3 is 0 Å². The summed E-state index contributed by atoms with van der Waals surface area (Å²) in [7, 11) is 0. The Hall–Kier alpha value is -2.86. The highest BCUT2D eigenvalue weighted by Gasteiger charge is 2.13. The molecule has 1 N–H and O–H groups in total. The molecule has 0 saturated carbocycles. The first-order valence-corrected chi connectivity index (χ1v) is 10.8. The van der Waals surface area contributed by atoms with Crippen molar-refractivity contribution in [3.05, 3.63) is 70.2 Å². The standard InChI is InChI=1S/C23H25N3O2S/c1-17-7-9-21(10-8-17)28-15-23-25-19(16-29-23)14-22(27)24-18-5-4-6-20(13-18)26-11-2-3-12-26/h4-10,13,16H,2-3,11-12,14-15H2,1H3,(H,24,27). The number of thiazole rings is 1. The smallest absolute Gasteiger partial charge is 0.230 e. The van der Waals surface area contributed by atoms with Gasteiger partial charge in [0.2, 0.25) is 5.91 Å². The number of ether oxygens (including phenoxy) is 1. The maximum absolute atomic E-state index is 12.4. The van der Waals surface area contributed by atoms with Crippen molar-refractivity contribution < 1.29 is 9.53 Å². The highest BCUT2D eigenvalue weighted by molar-refractivity contribution is 7.09. The zero-order chi connectivity index (χ0) is 20.1. The Labute approximate surface area is 175 Å². The van der Waals surface area contributed by atoms with Gasteiger partial charge in [-0.25, -0.2) is 4.98 Å². The van der Waals surface area contributed by atoms with Gasteiger partial charge in [-0.2, -0.15) is 0 Å². The number of hydrogen-bond acceptors (Lipinski definition) is 5. The van der Waals surface area contributed by atoms with Crippen LogP contribution in [0.4, 0.5) is 11.4 Å². The van der Waals surface area contributed by atoms with E-state index in [1.165, 1.54) is 35.4 Å². The third kappa shape index (κ3) is 5.35. The van der Waals surface area contributed by atoms with Gasteiger partial charge in [0.05, 0.1) is 12.1 Å². The second-order valence-electron chi connectivity index (χ2n) is 7.30. The molecule has 0 spiro atoms. The lowest BCUT2D eigenvalue weighted by Crippen LogP contribution is -2.18. The summed E-state index contributed by atoms with van der Waals surface area (Å²) in [6.45, 7) is 4.63. The maximum atomic E-state index is 12.4.